The Hall–Kier alpha value is -2.51. The van der Waals surface area contributed by atoms with Gasteiger partial charge < -0.3 is 9.88 Å². The zero-order valence-corrected chi connectivity index (χ0v) is 18.1. The van der Waals surface area contributed by atoms with Gasteiger partial charge in [-0.05, 0) is 49.8 Å². The predicted molar refractivity (Wildman–Crippen MR) is 119 cm³/mol. The Labute approximate surface area is 179 Å². The van der Waals surface area contributed by atoms with E-state index >= 15 is 0 Å². The van der Waals surface area contributed by atoms with Crippen molar-refractivity contribution in [2.75, 3.05) is 26.2 Å². The number of thiophene rings is 1. The van der Waals surface area contributed by atoms with Gasteiger partial charge in [-0.1, -0.05) is 18.2 Å². The van der Waals surface area contributed by atoms with Crippen molar-refractivity contribution in [3.05, 3.63) is 62.0 Å². The molecule has 1 saturated heterocycles. The Bertz CT molecular complexity index is 1160. The molecule has 30 heavy (non-hydrogen) atoms. The van der Waals surface area contributed by atoms with Crippen molar-refractivity contribution in [3.8, 4) is 0 Å². The highest BCUT2D eigenvalue weighted by Gasteiger charge is 2.24. The van der Waals surface area contributed by atoms with E-state index in [4.69, 9.17) is 4.98 Å². The number of fused-ring (bicyclic) bond motifs is 3. The van der Waals surface area contributed by atoms with Gasteiger partial charge in [0.1, 0.15) is 10.7 Å². The van der Waals surface area contributed by atoms with Crippen molar-refractivity contribution in [2.24, 2.45) is 0 Å². The fourth-order valence-electron chi connectivity index (χ4n) is 4.59. The van der Waals surface area contributed by atoms with Crippen LogP contribution in [0.1, 0.15) is 45.0 Å². The summed E-state index contributed by atoms with van der Waals surface area (Å²) in [4.78, 5) is 39.8. The molecule has 0 spiro atoms. The van der Waals surface area contributed by atoms with Crippen LogP contribution in [0.15, 0.2) is 29.1 Å². The lowest BCUT2D eigenvalue weighted by molar-refractivity contribution is 0.0625. The maximum atomic E-state index is 12.8. The normalized spacial score (nSPS) is 17.3. The lowest BCUT2D eigenvalue weighted by atomic mass is 9.97. The highest BCUT2D eigenvalue weighted by atomic mass is 32.1. The van der Waals surface area contributed by atoms with Gasteiger partial charge in [0.2, 0.25) is 0 Å². The van der Waals surface area contributed by atoms with Gasteiger partial charge in [-0.3, -0.25) is 14.5 Å². The Morgan fingerprint density at radius 1 is 1.13 bits per heavy atom. The minimum Gasteiger partial charge on any atom is -0.336 e. The summed E-state index contributed by atoms with van der Waals surface area (Å²) in [5.74, 6) is 0.828. The van der Waals surface area contributed by atoms with E-state index in [1.807, 2.05) is 36.1 Å². The van der Waals surface area contributed by atoms with Crippen LogP contribution in [0.4, 0.5) is 0 Å². The van der Waals surface area contributed by atoms with E-state index in [1.54, 1.807) is 11.3 Å². The number of nitrogens with zero attached hydrogens (tertiary/aromatic N) is 3. The highest BCUT2D eigenvalue weighted by Crippen LogP contribution is 2.33. The first kappa shape index (κ1) is 19.5. The van der Waals surface area contributed by atoms with Gasteiger partial charge in [-0.25, -0.2) is 4.98 Å². The molecule has 3 heterocycles. The molecule has 0 radical (unpaired) electrons. The standard InChI is InChI=1S/C23H26N4O2S/c1-15-6-2-3-7-16(15)23(29)27-12-10-26(11-13-27)14-19-24-21(28)20-17-8-4-5-9-18(17)30-22(20)25-19/h2-3,6-7H,4-5,8-14H2,1H3,(H,24,25,28). The zero-order valence-electron chi connectivity index (χ0n) is 17.2. The maximum Gasteiger partial charge on any atom is 0.259 e. The van der Waals surface area contributed by atoms with Crippen LogP contribution in [0.5, 0.6) is 0 Å². The summed E-state index contributed by atoms with van der Waals surface area (Å²) in [6.07, 6.45) is 4.43. The molecule has 5 rings (SSSR count). The second kappa shape index (κ2) is 7.96. The smallest absolute Gasteiger partial charge is 0.259 e. The number of aryl methyl sites for hydroxylation is 3. The molecule has 2 aromatic heterocycles. The number of carbonyl (C=O) groups excluding carboxylic acids is 1. The number of rotatable bonds is 3. The number of hydrogen-bond acceptors (Lipinski definition) is 5. The molecule has 3 aromatic rings. The van der Waals surface area contributed by atoms with E-state index < -0.39 is 0 Å². The SMILES string of the molecule is Cc1ccccc1C(=O)N1CCN(Cc2nc3sc4c(c3c(=O)[nH]2)CCCC4)CC1. The predicted octanol–water partition coefficient (Wildman–Crippen LogP) is 3.13. The van der Waals surface area contributed by atoms with Crippen LogP contribution in [0.2, 0.25) is 0 Å². The zero-order chi connectivity index (χ0) is 20.7. The molecular weight excluding hydrogens is 396 g/mol. The minimum absolute atomic E-state index is 0.00256. The Morgan fingerprint density at radius 3 is 2.70 bits per heavy atom. The molecule has 1 aliphatic heterocycles. The second-order valence-electron chi connectivity index (χ2n) is 8.29. The van der Waals surface area contributed by atoms with Crippen molar-refractivity contribution in [1.29, 1.82) is 0 Å². The summed E-state index contributed by atoms with van der Waals surface area (Å²) in [5, 5.41) is 0.812. The number of benzene rings is 1. The first-order chi connectivity index (χ1) is 14.6. The first-order valence-electron chi connectivity index (χ1n) is 10.7. The van der Waals surface area contributed by atoms with Gasteiger partial charge in [0, 0.05) is 36.6 Å². The molecule has 0 saturated carbocycles. The lowest BCUT2D eigenvalue weighted by Crippen LogP contribution is -2.48. The number of hydrogen-bond donors (Lipinski definition) is 1. The van der Waals surface area contributed by atoms with E-state index in [9.17, 15) is 9.59 Å². The van der Waals surface area contributed by atoms with Gasteiger partial charge in [0.05, 0.1) is 11.9 Å². The van der Waals surface area contributed by atoms with Gasteiger partial charge >= 0.3 is 0 Å². The number of piperazine rings is 1. The first-order valence-corrected chi connectivity index (χ1v) is 11.5. The summed E-state index contributed by atoms with van der Waals surface area (Å²) in [6, 6.07) is 7.74. The number of aromatic amines is 1. The van der Waals surface area contributed by atoms with E-state index in [0.717, 1.165) is 59.5 Å². The van der Waals surface area contributed by atoms with Crippen LogP contribution in [0.25, 0.3) is 10.2 Å². The molecule has 1 amide bonds. The van der Waals surface area contributed by atoms with Crippen LogP contribution in [-0.4, -0.2) is 51.9 Å². The molecule has 0 unspecified atom stereocenters. The number of carbonyl (C=O) groups is 1. The van der Waals surface area contributed by atoms with E-state index in [1.165, 1.54) is 16.9 Å². The Morgan fingerprint density at radius 2 is 1.90 bits per heavy atom. The minimum atomic E-state index is 0.00256. The molecule has 156 valence electrons. The number of H-pyrrole nitrogens is 1. The number of aromatic nitrogens is 2. The second-order valence-corrected chi connectivity index (χ2v) is 9.37. The summed E-state index contributed by atoms with van der Waals surface area (Å²) < 4.78 is 0. The fraction of sp³-hybridized carbons (Fsp3) is 0.435. The van der Waals surface area contributed by atoms with Crippen LogP contribution in [0.3, 0.4) is 0 Å². The van der Waals surface area contributed by atoms with Gasteiger partial charge in [-0.2, -0.15) is 0 Å². The van der Waals surface area contributed by atoms with Crippen molar-refractivity contribution in [3.63, 3.8) is 0 Å². The third-order valence-electron chi connectivity index (χ3n) is 6.28. The monoisotopic (exact) mass is 422 g/mol. The third kappa shape index (κ3) is 3.56. The highest BCUT2D eigenvalue weighted by molar-refractivity contribution is 7.18. The molecule has 0 atom stereocenters. The third-order valence-corrected chi connectivity index (χ3v) is 7.47. The molecule has 1 aromatic carbocycles. The van der Waals surface area contributed by atoms with E-state index in [-0.39, 0.29) is 11.5 Å². The van der Waals surface area contributed by atoms with Crippen molar-refractivity contribution in [2.45, 2.75) is 39.2 Å². The summed E-state index contributed by atoms with van der Waals surface area (Å²) in [6.45, 7) is 5.52. The summed E-state index contributed by atoms with van der Waals surface area (Å²) in [7, 11) is 0. The molecule has 0 bridgehead atoms. The van der Waals surface area contributed by atoms with Crippen molar-refractivity contribution in [1.82, 2.24) is 19.8 Å². The number of amides is 1. The molecule has 1 aliphatic carbocycles. The molecule has 6 nitrogen and oxygen atoms in total. The van der Waals surface area contributed by atoms with Gasteiger partial charge in [0.15, 0.2) is 0 Å². The molecule has 1 fully saturated rings. The molecule has 2 aliphatic rings. The lowest BCUT2D eigenvalue weighted by Gasteiger charge is -2.34. The van der Waals surface area contributed by atoms with Crippen LogP contribution in [-0.2, 0) is 19.4 Å². The van der Waals surface area contributed by atoms with Crippen LogP contribution >= 0.6 is 11.3 Å². The molecule has 7 heteroatoms. The fourth-order valence-corrected chi connectivity index (χ4v) is 5.87. The van der Waals surface area contributed by atoms with Crippen molar-refractivity contribution < 1.29 is 4.79 Å². The van der Waals surface area contributed by atoms with Crippen LogP contribution < -0.4 is 5.56 Å². The number of nitrogens with one attached hydrogen (secondary N) is 1. The maximum absolute atomic E-state index is 12.8. The van der Waals surface area contributed by atoms with Gasteiger partial charge in [0.25, 0.3) is 11.5 Å². The van der Waals surface area contributed by atoms with E-state index in [2.05, 4.69) is 9.88 Å². The largest absolute Gasteiger partial charge is 0.336 e. The Kier molecular flexibility index (Phi) is 5.16. The van der Waals surface area contributed by atoms with E-state index in [0.29, 0.717) is 19.6 Å². The van der Waals surface area contributed by atoms with Crippen molar-refractivity contribution >= 4 is 27.5 Å². The van der Waals surface area contributed by atoms with Gasteiger partial charge in [-0.15, -0.1) is 11.3 Å². The topological polar surface area (TPSA) is 69.3 Å². The molecule has 1 N–H and O–H groups in total. The quantitative estimate of drug-likeness (QED) is 0.704. The average molecular weight is 423 g/mol. The Balaban J connectivity index is 1.28. The summed E-state index contributed by atoms with van der Waals surface area (Å²) in [5.41, 5.74) is 3.02. The van der Waals surface area contributed by atoms with Crippen LogP contribution in [0, 0.1) is 6.92 Å². The summed E-state index contributed by atoms with van der Waals surface area (Å²) >= 11 is 1.69. The molecular formula is C23H26N4O2S. The average Bonchev–Trinajstić information content (AvgIpc) is 3.13.